The van der Waals surface area contributed by atoms with Gasteiger partial charge in [0.2, 0.25) is 5.88 Å². The summed E-state index contributed by atoms with van der Waals surface area (Å²) >= 11 is 0. The maximum absolute atomic E-state index is 12.6. The van der Waals surface area contributed by atoms with Gasteiger partial charge in [-0.15, -0.1) is 0 Å². The zero-order valence-electron chi connectivity index (χ0n) is 8.76. The Kier molecular flexibility index (Phi) is 3.73. The Morgan fingerprint density at radius 2 is 2.00 bits per heavy atom. The van der Waals surface area contributed by atoms with Gasteiger partial charge < -0.3 is 9.84 Å². The van der Waals surface area contributed by atoms with Crippen LogP contribution in [0, 0.1) is 0 Å². The Morgan fingerprint density at radius 3 is 2.33 bits per heavy atom. The Labute approximate surface area is 97.0 Å². The second-order valence-corrected chi connectivity index (χ2v) is 3.08. The fourth-order valence-electron chi connectivity index (χ4n) is 1.25. The van der Waals surface area contributed by atoms with E-state index < -0.39 is 41.3 Å². The summed E-state index contributed by atoms with van der Waals surface area (Å²) in [6.45, 7) is 0. The van der Waals surface area contributed by atoms with Crippen LogP contribution < -0.4 is 4.74 Å². The molecular formula is C9H6F5NO3. The van der Waals surface area contributed by atoms with E-state index in [0.29, 0.717) is 0 Å². The molecule has 100 valence electrons. The molecule has 0 spiro atoms. The van der Waals surface area contributed by atoms with Crippen LogP contribution in [0.3, 0.4) is 0 Å². The van der Waals surface area contributed by atoms with Crippen molar-refractivity contribution in [3.8, 4) is 5.88 Å². The molecule has 0 saturated heterocycles. The molecule has 0 unspecified atom stereocenters. The predicted octanol–water partition coefficient (Wildman–Crippen LogP) is 2.74. The number of aromatic nitrogens is 1. The van der Waals surface area contributed by atoms with E-state index in [4.69, 9.17) is 5.11 Å². The molecule has 0 aliphatic carbocycles. The maximum Gasteiger partial charge on any atom is 0.417 e. The highest BCUT2D eigenvalue weighted by atomic mass is 19.4. The van der Waals surface area contributed by atoms with Crippen molar-refractivity contribution >= 4 is 5.97 Å². The smallest absolute Gasteiger partial charge is 0.417 e. The molecule has 0 fully saturated rings. The lowest BCUT2D eigenvalue weighted by atomic mass is 10.1. The number of hydrogen-bond donors (Lipinski definition) is 1. The first-order valence-corrected chi connectivity index (χ1v) is 4.36. The largest absolute Gasteiger partial charge is 0.481 e. The third-order valence-electron chi connectivity index (χ3n) is 1.96. The van der Waals surface area contributed by atoms with Crippen molar-refractivity contribution in [2.75, 3.05) is 7.11 Å². The molecule has 1 aromatic heterocycles. The Balaban J connectivity index is 3.66. The summed E-state index contributed by atoms with van der Waals surface area (Å²) in [6, 6.07) is 0.259. The van der Waals surface area contributed by atoms with E-state index in [2.05, 4.69) is 9.72 Å². The van der Waals surface area contributed by atoms with Crippen molar-refractivity contribution in [1.82, 2.24) is 4.98 Å². The van der Waals surface area contributed by atoms with Gasteiger partial charge >= 0.3 is 12.1 Å². The number of carbonyl (C=O) groups is 1. The molecule has 0 radical (unpaired) electrons. The van der Waals surface area contributed by atoms with Crippen LogP contribution in [0.2, 0.25) is 0 Å². The normalized spacial score (nSPS) is 11.7. The summed E-state index contributed by atoms with van der Waals surface area (Å²) in [7, 11) is 0.929. The van der Waals surface area contributed by atoms with Gasteiger partial charge in [-0.2, -0.15) is 13.2 Å². The topological polar surface area (TPSA) is 59.4 Å². The number of hydrogen-bond acceptors (Lipinski definition) is 3. The van der Waals surface area contributed by atoms with E-state index >= 15 is 0 Å². The van der Waals surface area contributed by atoms with Crippen LogP contribution in [-0.4, -0.2) is 23.2 Å². The number of alkyl halides is 5. The lowest BCUT2D eigenvalue weighted by molar-refractivity contribution is -0.138. The van der Waals surface area contributed by atoms with E-state index in [0.717, 1.165) is 7.11 Å². The van der Waals surface area contributed by atoms with Gasteiger partial charge in [0.25, 0.3) is 6.43 Å². The van der Waals surface area contributed by atoms with E-state index in [1.54, 1.807) is 0 Å². The lowest BCUT2D eigenvalue weighted by Gasteiger charge is -2.14. The molecule has 0 saturated carbocycles. The highest BCUT2D eigenvalue weighted by Gasteiger charge is 2.39. The molecule has 0 aliphatic rings. The van der Waals surface area contributed by atoms with E-state index in [1.807, 2.05) is 0 Å². The monoisotopic (exact) mass is 271 g/mol. The van der Waals surface area contributed by atoms with Crippen LogP contribution in [0.15, 0.2) is 6.07 Å². The molecule has 4 nitrogen and oxygen atoms in total. The van der Waals surface area contributed by atoms with Gasteiger partial charge in [-0.05, 0) is 0 Å². The Morgan fingerprint density at radius 1 is 1.44 bits per heavy atom. The molecule has 0 bridgehead atoms. The molecular weight excluding hydrogens is 265 g/mol. The number of carboxylic acid groups (broad SMARTS) is 1. The number of ether oxygens (including phenoxy) is 1. The number of pyridine rings is 1. The summed E-state index contributed by atoms with van der Waals surface area (Å²) in [6.07, 6.45) is -8.57. The Hall–Kier alpha value is -1.93. The first-order chi connectivity index (χ1) is 8.18. The maximum atomic E-state index is 12.6. The van der Waals surface area contributed by atoms with Gasteiger partial charge in [-0.25, -0.2) is 18.6 Å². The van der Waals surface area contributed by atoms with Gasteiger partial charge in [0.05, 0.1) is 18.2 Å². The second kappa shape index (κ2) is 4.75. The zero-order chi connectivity index (χ0) is 14.1. The summed E-state index contributed by atoms with van der Waals surface area (Å²) < 4.78 is 67.1. The molecule has 9 heteroatoms. The summed E-state index contributed by atoms with van der Waals surface area (Å²) in [5.74, 6) is -2.87. The highest BCUT2D eigenvalue weighted by molar-refractivity contribution is 5.91. The van der Waals surface area contributed by atoms with Crippen molar-refractivity contribution in [3.05, 3.63) is 22.9 Å². The van der Waals surface area contributed by atoms with Crippen LogP contribution >= 0.6 is 0 Å². The molecule has 18 heavy (non-hydrogen) atoms. The van der Waals surface area contributed by atoms with Gasteiger partial charge in [0.1, 0.15) is 5.69 Å². The van der Waals surface area contributed by atoms with Crippen molar-refractivity contribution in [3.63, 3.8) is 0 Å². The minimum atomic E-state index is -5.10. The first-order valence-electron chi connectivity index (χ1n) is 4.36. The third-order valence-corrected chi connectivity index (χ3v) is 1.96. The number of carboxylic acids is 1. The first kappa shape index (κ1) is 14.1. The van der Waals surface area contributed by atoms with Gasteiger partial charge in [-0.1, -0.05) is 0 Å². The molecule has 1 heterocycles. The average Bonchev–Trinajstić information content (AvgIpc) is 2.25. The average molecular weight is 271 g/mol. The second-order valence-electron chi connectivity index (χ2n) is 3.08. The van der Waals surface area contributed by atoms with Crippen molar-refractivity contribution in [1.29, 1.82) is 0 Å². The molecule has 0 aromatic carbocycles. The summed E-state index contributed by atoms with van der Waals surface area (Å²) in [5, 5.41) is 8.61. The van der Waals surface area contributed by atoms with Crippen LogP contribution in [-0.2, 0) is 6.18 Å². The van der Waals surface area contributed by atoms with Crippen LogP contribution in [0.5, 0.6) is 5.88 Å². The van der Waals surface area contributed by atoms with Crippen molar-refractivity contribution in [2.45, 2.75) is 12.6 Å². The van der Waals surface area contributed by atoms with E-state index in [1.165, 1.54) is 0 Å². The third kappa shape index (κ3) is 2.66. The minimum absolute atomic E-state index is 0.259. The van der Waals surface area contributed by atoms with Crippen molar-refractivity contribution < 1.29 is 36.6 Å². The summed E-state index contributed by atoms with van der Waals surface area (Å²) in [5.41, 5.74) is -4.77. The lowest BCUT2D eigenvalue weighted by Crippen LogP contribution is -2.17. The van der Waals surface area contributed by atoms with Crippen LogP contribution in [0.25, 0.3) is 0 Å². The minimum Gasteiger partial charge on any atom is -0.481 e. The number of methoxy groups -OCH3 is 1. The molecule has 0 atom stereocenters. The SMILES string of the molecule is COc1cc(C(F)(F)F)c(C(=O)O)c(C(F)F)n1. The fraction of sp³-hybridized carbons (Fsp3) is 0.333. The number of aromatic carboxylic acids is 1. The van der Waals surface area contributed by atoms with Gasteiger partial charge in [-0.3, -0.25) is 0 Å². The molecule has 1 rings (SSSR count). The quantitative estimate of drug-likeness (QED) is 0.859. The Bertz CT molecular complexity index is 472. The molecule has 1 aromatic rings. The highest BCUT2D eigenvalue weighted by Crippen LogP contribution is 2.37. The number of nitrogens with zero attached hydrogens (tertiary/aromatic N) is 1. The zero-order valence-corrected chi connectivity index (χ0v) is 8.76. The summed E-state index contributed by atoms with van der Waals surface area (Å²) in [4.78, 5) is 13.7. The molecule has 1 N–H and O–H groups in total. The molecule has 0 amide bonds. The van der Waals surface area contributed by atoms with Crippen LogP contribution in [0.4, 0.5) is 22.0 Å². The van der Waals surface area contributed by atoms with Crippen LogP contribution in [0.1, 0.15) is 28.0 Å². The molecule has 0 aliphatic heterocycles. The number of rotatable bonds is 3. The van der Waals surface area contributed by atoms with Gasteiger partial charge in [0.15, 0.2) is 0 Å². The predicted molar refractivity (Wildman–Crippen MR) is 47.7 cm³/mol. The standard InChI is InChI=1S/C9H6F5NO3/c1-18-4-2-3(9(12,13)14)5(8(16)17)6(15-4)7(10)11/h2,7H,1H3,(H,16,17). The van der Waals surface area contributed by atoms with Crippen molar-refractivity contribution in [2.24, 2.45) is 0 Å². The van der Waals surface area contributed by atoms with E-state index in [9.17, 15) is 26.7 Å². The van der Waals surface area contributed by atoms with Gasteiger partial charge in [0, 0.05) is 6.07 Å². The number of halogens is 5. The van der Waals surface area contributed by atoms with E-state index in [-0.39, 0.29) is 6.07 Å². The fourth-order valence-corrected chi connectivity index (χ4v) is 1.25.